The summed E-state index contributed by atoms with van der Waals surface area (Å²) in [6.07, 6.45) is 5.06. The molecule has 0 aliphatic carbocycles. The van der Waals surface area contributed by atoms with Gasteiger partial charge in [-0.2, -0.15) is 0 Å². The van der Waals surface area contributed by atoms with E-state index in [9.17, 15) is 5.11 Å². The number of piperidine rings is 1. The van der Waals surface area contributed by atoms with Gasteiger partial charge in [0, 0.05) is 17.5 Å². The number of fused-ring (bicyclic) bond motifs is 3. The van der Waals surface area contributed by atoms with Gasteiger partial charge in [-0.05, 0) is 45.3 Å². The Hall–Kier alpha value is -0.120. The van der Waals surface area contributed by atoms with Gasteiger partial charge in [0.1, 0.15) is 0 Å². The van der Waals surface area contributed by atoms with Gasteiger partial charge in [-0.15, -0.1) is 0 Å². The van der Waals surface area contributed by atoms with E-state index in [2.05, 4.69) is 10.2 Å². The fraction of sp³-hybridized carbons (Fsp3) is 1.00. The first kappa shape index (κ1) is 9.13. The highest BCUT2D eigenvalue weighted by molar-refractivity contribution is 5.08. The van der Waals surface area contributed by atoms with Crippen LogP contribution in [0.1, 0.15) is 25.7 Å². The highest BCUT2D eigenvalue weighted by Crippen LogP contribution is 2.43. The van der Waals surface area contributed by atoms with Crippen LogP contribution in [0.3, 0.4) is 0 Å². The summed E-state index contributed by atoms with van der Waals surface area (Å²) in [5.41, 5.74) is 0.228. The summed E-state index contributed by atoms with van der Waals surface area (Å²) in [7, 11) is 0. The molecule has 0 bridgehead atoms. The van der Waals surface area contributed by atoms with Gasteiger partial charge in [0.05, 0.1) is 6.61 Å². The molecule has 3 atom stereocenters. The maximum atomic E-state index is 9.61. The third-order valence-electron chi connectivity index (χ3n) is 4.66. The normalized spacial score (nSPS) is 47.8. The van der Waals surface area contributed by atoms with Gasteiger partial charge >= 0.3 is 0 Å². The molecule has 0 radical (unpaired) electrons. The molecule has 0 amide bonds. The largest absolute Gasteiger partial charge is 0.396 e. The van der Waals surface area contributed by atoms with E-state index in [1.807, 2.05) is 0 Å². The summed E-state index contributed by atoms with van der Waals surface area (Å²) in [6.45, 7) is 3.98. The van der Waals surface area contributed by atoms with Crippen LogP contribution in [0.4, 0.5) is 0 Å². The van der Waals surface area contributed by atoms with E-state index in [-0.39, 0.29) is 5.41 Å². The Kier molecular flexibility index (Phi) is 2.08. The third kappa shape index (κ3) is 1.09. The molecule has 3 fully saturated rings. The van der Waals surface area contributed by atoms with Crippen molar-refractivity contribution in [3.63, 3.8) is 0 Å². The lowest BCUT2D eigenvalue weighted by atomic mass is 9.72. The maximum Gasteiger partial charge on any atom is 0.0503 e. The highest BCUT2D eigenvalue weighted by atomic mass is 16.3. The van der Waals surface area contributed by atoms with Crippen LogP contribution in [-0.4, -0.2) is 48.3 Å². The Morgan fingerprint density at radius 1 is 1.36 bits per heavy atom. The van der Waals surface area contributed by atoms with Gasteiger partial charge < -0.3 is 10.4 Å². The standard InChI is InChI=1S/C11H20N2O/c14-8-11-3-5-12-10(11)9-2-1-6-13(9)7-4-11/h9-10,12,14H,1-8H2. The number of hydrogen-bond donors (Lipinski definition) is 2. The van der Waals surface area contributed by atoms with Gasteiger partial charge in [0.2, 0.25) is 0 Å². The fourth-order valence-corrected chi connectivity index (χ4v) is 3.80. The first-order valence-corrected chi connectivity index (χ1v) is 5.94. The van der Waals surface area contributed by atoms with Crippen LogP contribution in [0.2, 0.25) is 0 Å². The van der Waals surface area contributed by atoms with Crippen LogP contribution < -0.4 is 5.32 Å². The number of aliphatic hydroxyl groups excluding tert-OH is 1. The van der Waals surface area contributed by atoms with E-state index >= 15 is 0 Å². The SMILES string of the molecule is OCC12CCNC1C1CCCN1CC2. The van der Waals surface area contributed by atoms with Crippen LogP contribution >= 0.6 is 0 Å². The van der Waals surface area contributed by atoms with Crippen molar-refractivity contribution in [1.82, 2.24) is 10.2 Å². The van der Waals surface area contributed by atoms with Crippen LogP contribution in [-0.2, 0) is 0 Å². The average Bonchev–Trinajstić information content (AvgIpc) is 2.83. The molecule has 3 aliphatic heterocycles. The number of aliphatic hydroxyl groups is 1. The van der Waals surface area contributed by atoms with Crippen molar-refractivity contribution in [2.75, 3.05) is 26.2 Å². The van der Waals surface area contributed by atoms with Gasteiger partial charge in [-0.1, -0.05) is 0 Å². The molecule has 3 rings (SSSR count). The minimum Gasteiger partial charge on any atom is -0.396 e. The summed E-state index contributed by atoms with van der Waals surface area (Å²) in [4.78, 5) is 2.62. The Bertz CT molecular complexity index is 233. The lowest BCUT2D eigenvalue weighted by Gasteiger charge is -2.46. The molecule has 0 saturated carbocycles. The Labute approximate surface area is 85.5 Å². The predicted octanol–water partition coefficient (Wildman–Crippen LogP) is 0.195. The van der Waals surface area contributed by atoms with Crippen molar-refractivity contribution >= 4 is 0 Å². The Morgan fingerprint density at radius 2 is 2.29 bits per heavy atom. The van der Waals surface area contributed by atoms with Gasteiger partial charge in [0.25, 0.3) is 0 Å². The summed E-state index contributed by atoms with van der Waals surface area (Å²) in [5, 5.41) is 13.2. The molecule has 3 saturated heterocycles. The molecule has 3 aliphatic rings. The van der Waals surface area contributed by atoms with Crippen molar-refractivity contribution in [1.29, 1.82) is 0 Å². The predicted molar refractivity (Wildman–Crippen MR) is 55.1 cm³/mol. The molecule has 80 valence electrons. The molecule has 0 spiro atoms. The molecule has 14 heavy (non-hydrogen) atoms. The molecule has 2 N–H and O–H groups in total. The molecular weight excluding hydrogens is 176 g/mol. The number of hydrogen-bond acceptors (Lipinski definition) is 3. The molecule has 3 unspecified atom stereocenters. The van der Waals surface area contributed by atoms with E-state index in [0.29, 0.717) is 12.6 Å². The zero-order valence-electron chi connectivity index (χ0n) is 8.71. The second-order valence-electron chi connectivity index (χ2n) is 5.20. The lowest BCUT2D eigenvalue weighted by Crippen LogP contribution is -2.58. The van der Waals surface area contributed by atoms with E-state index in [1.54, 1.807) is 0 Å². The second kappa shape index (κ2) is 3.19. The van der Waals surface area contributed by atoms with Crippen LogP contribution in [0.25, 0.3) is 0 Å². The lowest BCUT2D eigenvalue weighted by molar-refractivity contribution is 0.0140. The van der Waals surface area contributed by atoms with E-state index in [1.165, 1.54) is 38.8 Å². The molecular formula is C11H20N2O. The Morgan fingerprint density at radius 3 is 3.14 bits per heavy atom. The first-order chi connectivity index (χ1) is 6.86. The summed E-state index contributed by atoms with van der Waals surface area (Å²) >= 11 is 0. The van der Waals surface area contributed by atoms with E-state index in [0.717, 1.165) is 12.6 Å². The zero-order chi connectivity index (χ0) is 9.60. The number of rotatable bonds is 1. The minimum atomic E-state index is 0.228. The van der Waals surface area contributed by atoms with Crippen LogP contribution in [0, 0.1) is 5.41 Å². The van der Waals surface area contributed by atoms with Gasteiger partial charge in [0.15, 0.2) is 0 Å². The van der Waals surface area contributed by atoms with Gasteiger partial charge in [-0.25, -0.2) is 0 Å². The number of nitrogens with zero attached hydrogens (tertiary/aromatic N) is 1. The molecule has 3 heterocycles. The smallest absolute Gasteiger partial charge is 0.0503 e. The quantitative estimate of drug-likeness (QED) is 0.628. The maximum absolute atomic E-state index is 9.61. The van der Waals surface area contributed by atoms with Crippen LogP contribution in [0.15, 0.2) is 0 Å². The average molecular weight is 196 g/mol. The third-order valence-corrected chi connectivity index (χ3v) is 4.66. The Balaban J connectivity index is 1.87. The van der Waals surface area contributed by atoms with Crippen molar-refractivity contribution in [3.05, 3.63) is 0 Å². The number of nitrogens with one attached hydrogen (secondary N) is 1. The van der Waals surface area contributed by atoms with Crippen molar-refractivity contribution in [2.24, 2.45) is 5.41 Å². The molecule has 0 aromatic rings. The molecule has 3 heteroatoms. The van der Waals surface area contributed by atoms with Crippen molar-refractivity contribution < 1.29 is 5.11 Å². The fourth-order valence-electron chi connectivity index (χ4n) is 3.80. The van der Waals surface area contributed by atoms with Crippen molar-refractivity contribution in [3.8, 4) is 0 Å². The summed E-state index contributed by atoms with van der Waals surface area (Å²) in [6, 6.07) is 1.29. The van der Waals surface area contributed by atoms with E-state index in [4.69, 9.17) is 0 Å². The highest BCUT2D eigenvalue weighted by Gasteiger charge is 2.51. The van der Waals surface area contributed by atoms with Gasteiger partial charge in [-0.3, -0.25) is 4.90 Å². The first-order valence-electron chi connectivity index (χ1n) is 5.94. The minimum absolute atomic E-state index is 0.228. The molecule has 0 aromatic heterocycles. The summed E-state index contributed by atoms with van der Waals surface area (Å²) < 4.78 is 0. The molecule has 0 aromatic carbocycles. The summed E-state index contributed by atoms with van der Waals surface area (Å²) in [5.74, 6) is 0. The van der Waals surface area contributed by atoms with Crippen LogP contribution in [0.5, 0.6) is 0 Å². The zero-order valence-corrected chi connectivity index (χ0v) is 8.71. The van der Waals surface area contributed by atoms with Crippen molar-refractivity contribution in [2.45, 2.75) is 37.8 Å². The van der Waals surface area contributed by atoms with E-state index < -0.39 is 0 Å². The second-order valence-corrected chi connectivity index (χ2v) is 5.20. The monoisotopic (exact) mass is 196 g/mol. The molecule has 3 nitrogen and oxygen atoms in total. The topological polar surface area (TPSA) is 35.5 Å².